The molecular formula is C21H15ClFN3O3S. The van der Waals surface area contributed by atoms with Crippen molar-refractivity contribution in [2.75, 3.05) is 11.9 Å². The Kier molecular flexibility index (Phi) is 5.74. The van der Waals surface area contributed by atoms with Gasteiger partial charge in [0.2, 0.25) is 0 Å². The van der Waals surface area contributed by atoms with Crippen LogP contribution in [-0.4, -0.2) is 32.7 Å². The number of carbonyl (C=O) groups is 1. The van der Waals surface area contributed by atoms with Crippen molar-refractivity contribution in [1.29, 1.82) is 0 Å². The predicted molar refractivity (Wildman–Crippen MR) is 114 cm³/mol. The molecule has 0 saturated heterocycles. The Balaban J connectivity index is 1.52. The predicted octanol–water partition coefficient (Wildman–Crippen LogP) is 4.43. The van der Waals surface area contributed by atoms with E-state index in [-0.39, 0.29) is 11.7 Å². The number of aromatic nitrogens is 2. The van der Waals surface area contributed by atoms with Crippen molar-refractivity contribution < 1.29 is 19.4 Å². The molecule has 1 unspecified atom stereocenters. The molecule has 2 aromatic heterocycles. The number of anilines is 1. The van der Waals surface area contributed by atoms with E-state index in [0.29, 0.717) is 42.8 Å². The average Bonchev–Trinajstić information content (AvgIpc) is 3.14. The first-order chi connectivity index (χ1) is 14.4. The summed E-state index contributed by atoms with van der Waals surface area (Å²) in [5.41, 5.74) is 2.62. The van der Waals surface area contributed by atoms with Crippen LogP contribution in [0.2, 0.25) is 5.02 Å². The van der Waals surface area contributed by atoms with E-state index in [1.165, 1.54) is 29.7 Å². The van der Waals surface area contributed by atoms with E-state index in [1.54, 1.807) is 36.4 Å². The van der Waals surface area contributed by atoms with Crippen molar-refractivity contribution in [2.24, 2.45) is 0 Å². The lowest BCUT2D eigenvalue weighted by molar-refractivity contribution is 0.0954. The van der Waals surface area contributed by atoms with Crippen LogP contribution in [0.15, 0.2) is 54.7 Å². The second-order valence-electron chi connectivity index (χ2n) is 6.46. The fourth-order valence-corrected chi connectivity index (χ4v) is 4.02. The minimum Gasteiger partial charge on any atom is -0.393 e. The second-order valence-corrected chi connectivity index (χ2v) is 7.90. The number of hydrogen-bond acceptors (Lipinski definition) is 6. The zero-order valence-electron chi connectivity index (χ0n) is 15.3. The Morgan fingerprint density at radius 1 is 1.20 bits per heavy atom. The molecule has 3 N–H and O–H groups in total. The molecule has 1 amide bonds. The molecular weight excluding hydrogens is 429 g/mol. The number of nitrogens with one attached hydrogen (secondary N) is 1. The summed E-state index contributed by atoms with van der Waals surface area (Å²) in [7, 11) is 0. The Morgan fingerprint density at radius 2 is 1.97 bits per heavy atom. The summed E-state index contributed by atoms with van der Waals surface area (Å²) in [6, 6.07) is 12.5. The van der Waals surface area contributed by atoms with Crippen LogP contribution in [0.1, 0.15) is 22.0 Å². The van der Waals surface area contributed by atoms with Crippen LogP contribution in [0.5, 0.6) is 0 Å². The third kappa shape index (κ3) is 4.17. The summed E-state index contributed by atoms with van der Waals surface area (Å²) in [6.45, 7) is -0.426. The van der Waals surface area contributed by atoms with E-state index >= 15 is 0 Å². The van der Waals surface area contributed by atoms with Gasteiger partial charge < -0.3 is 10.2 Å². The summed E-state index contributed by atoms with van der Waals surface area (Å²) in [4.78, 5) is 21.0. The quantitative estimate of drug-likeness (QED) is 0.424. The highest BCUT2D eigenvalue weighted by molar-refractivity contribution is 7.22. The number of rotatable bonds is 5. The third-order valence-corrected chi connectivity index (χ3v) is 5.63. The smallest absolute Gasteiger partial charge is 0.257 e. The summed E-state index contributed by atoms with van der Waals surface area (Å²) in [5.74, 6) is -0.702. The Labute approximate surface area is 179 Å². The average molecular weight is 444 g/mol. The highest BCUT2D eigenvalue weighted by atomic mass is 35.5. The molecule has 0 aliphatic carbocycles. The molecule has 6 nitrogen and oxygen atoms in total. The van der Waals surface area contributed by atoms with E-state index < -0.39 is 12.7 Å². The summed E-state index contributed by atoms with van der Waals surface area (Å²) in [5, 5.41) is 22.1. The number of pyridine rings is 1. The van der Waals surface area contributed by atoms with E-state index in [4.69, 9.17) is 16.7 Å². The number of fused-ring (bicyclic) bond motifs is 1. The van der Waals surface area contributed by atoms with Crippen LogP contribution < -0.4 is 5.32 Å². The van der Waals surface area contributed by atoms with Gasteiger partial charge in [-0.1, -0.05) is 35.1 Å². The maximum atomic E-state index is 13.3. The fraction of sp³-hybridized carbons (Fsp3) is 0.0952. The molecule has 0 aliphatic heterocycles. The van der Waals surface area contributed by atoms with Crippen LogP contribution in [0.3, 0.4) is 0 Å². The van der Waals surface area contributed by atoms with Crippen molar-refractivity contribution in [3.63, 3.8) is 0 Å². The molecule has 9 heteroatoms. The number of carbonyl (C=O) groups excluding carboxylic acids is 1. The van der Waals surface area contributed by atoms with Gasteiger partial charge in [0, 0.05) is 22.9 Å². The fourth-order valence-electron chi connectivity index (χ4n) is 2.85. The van der Waals surface area contributed by atoms with Crippen molar-refractivity contribution in [2.45, 2.75) is 6.10 Å². The van der Waals surface area contributed by atoms with Gasteiger partial charge >= 0.3 is 0 Å². The highest BCUT2D eigenvalue weighted by Gasteiger charge is 2.14. The largest absolute Gasteiger partial charge is 0.393 e. The van der Waals surface area contributed by atoms with Crippen LogP contribution in [-0.2, 0) is 0 Å². The molecule has 2 aromatic carbocycles. The molecule has 0 aliphatic rings. The van der Waals surface area contributed by atoms with Gasteiger partial charge in [-0.2, -0.15) is 0 Å². The normalized spacial score (nSPS) is 12.1. The standard InChI is InChI=1S/C21H15ClFN3O3S/c22-15-7-13(17(28)10-27)9-24-19(15)11-1-3-12(4-2-11)20(29)26-21-25-16-6-5-14(23)8-18(16)30-21/h1-9,17,27-28H,10H2,(H,25,26,29). The van der Waals surface area contributed by atoms with Gasteiger partial charge in [0.15, 0.2) is 5.13 Å². The lowest BCUT2D eigenvalue weighted by atomic mass is 10.1. The lowest BCUT2D eigenvalue weighted by Crippen LogP contribution is -2.11. The number of halogens is 2. The maximum absolute atomic E-state index is 13.3. The summed E-state index contributed by atoms with van der Waals surface area (Å²) >= 11 is 7.45. The number of benzene rings is 2. The lowest BCUT2D eigenvalue weighted by Gasteiger charge is -2.10. The Bertz CT molecular complexity index is 1230. The van der Waals surface area contributed by atoms with Gasteiger partial charge in [-0.05, 0) is 36.4 Å². The zero-order chi connectivity index (χ0) is 21.3. The SMILES string of the molecule is O=C(Nc1nc2ccc(F)cc2s1)c1ccc(-c2ncc(C(O)CO)cc2Cl)cc1. The number of hydrogen-bond donors (Lipinski definition) is 3. The first kappa shape index (κ1) is 20.4. The van der Waals surface area contributed by atoms with Gasteiger partial charge in [-0.3, -0.25) is 15.1 Å². The Morgan fingerprint density at radius 3 is 2.67 bits per heavy atom. The van der Waals surface area contributed by atoms with Gasteiger partial charge in [0.1, 0.15) is 11.9 Å². The number of aliphatic hydroxyl groups is 2. The van der Waals surface area contributed by atoms with Crippen molar-refractivity contribution in [3.05, 3.63) is 76.7 Å². The van der Waals surface area contributed by atoms with Crippen LogP contribution in [0, 0.1) is 5.82 Å². The third-order valence-electron chi connectivity index (χ3n) is 4.41. The molecule has 2 heterocycles. The number of nitrogens with zero attached hydrogens (tertiary/aromatic N) is 2. The molecule has 0 spiro atoms. The van der Waals surface area contributed by atoms with Gasteiger partial charge in [0.05, 0.1) is 27.5 Å². The van der Waals surface area contributed by atoms with Crippen molar-refractivity contribution in [1.82, 2.24) is 9.97 Å². The van der Waals surface area contributed by atoms with Crippen molar-refractivity contribution >= 4 is 44.2 Å². The molecule has 0 saturated carbocycles. The van der Waals surface area contributed by atoms with E-state index in [9.17, 15) is 14.3 Å². The number of amides is 1. The summed E-state index contributed by atoms with van der Waals surface area (Å²) < 4.78 is 14.0. The number of aliphatic hydroxyl groups excluding tert-OH is 2. The molecule has 0 fully saturated rings. The highest BCUT2D eigenvalue weighted by Crippen LogP contribution is 2.29. The van der Waals surface area contributed by atoms with Gasteiger partial charge in [0.25, 0.3) is 5.91 Å². The first-order valence-electron chi connectivity index (χ1n) is 8.87. The maximum Gasteiger partial charge on any atom is 0.257 e. The monoisotopic (exact) mass is 443 g/mol. The molecule has 0 radical (unpaired) electrons. The Hall–Kier alpha value is -2.91. The molecule has 30 heavy (non-hydrogen) atoms. The minimum absolute atomic E-state index is 0.318. The molecule has 152 valence electrons. The van der Waals surface area contributed by atoms with Crippen LogP contribution in [0.25, 0.3) is 21.5 Å². The molecule has 1 atom stereocenters. The molecule has 0 bridgehead atoms. The van der Waals surface area contributed by atoms with E-state index in [2.05, 4.69) is 15.3 Å². The van der Waals surface area contributed by atoms with Crippen LogP contribution >= 0.6 is 22.9 Å². The first-order valence-corrected chi connectivity index (χ1v) is 10.1. The van der Waals surface area contributed by atoms with E-state index in [0.717, 1.165) is 0 Å². The topological polar surface area (TPSA) is 95.3 Å². The molecule has 4 rings (SSSR count). The number of thiazole rings is 1. The minimum atomic E-state index is -1.05. The van der Waals surface area contributed by atoms with Gasteiger partial charge in [-0.15, -0.1) is 0 Å². The molecule has 4 aromatic rings. The van der Waals surface area contributed by atoms with E-state index in [1.807, 2.05) is 0 Å². The summed E-state index contributed by atoms with van der Waals surface area (Å²) in [6.07, 6.45) is 0.396. The zero-order valence-corrected chi connectivity index (χ0v) is 16.9. The van der Waals surface area contributed by atoms with Crippen molar-refractivity contribution in [3.8, 4) is 11.3 Å². The van der Waals surface area contributed by atoms with Gasteiger partial charge in [-0.25, -0.2) is 9.37 Å². The second kappa shape index (κ2) is 8.45. The van der Waals surface area contributed by atoms with Crippen LogP contribution in [0.4, 0.5) is 9.52 Å².